The molecule has 156 valence electrons. The van der Waals surface area contributed by atoms with E-state index in [2.05, 4.69) is 15.3 Å². The molecule has 2 heterocycles. The largest absolute Gasteiger partial charge is 0.492 e. The Labute approximate surface area is 177 Å². The minimum atomic E-state index is -1.44. The van der Waals surface area contributed by atoms with Gasteiger partial charge in [-0.25, -0.2) is 23.5 Å². The number of carboxylic acid groups (broad SMARTS) is 1. The fourth-order valence-corrected chi connectivity index (χ4v) is 4.02. The summed E-state index contributed by atoms with van der Waals surface area (Å²) in [5.74, 6) is -5.24. The van der Waals surface area contributed by atoms with Gasteiger partial charge in [0.25, 0.3) is 5.91 Å². The topological polar surface area (TPSA) is 112 Å². The molecule has 0 spiro atoms. The molecule has 7 nitrogen and oxygen atoms in total. The molecule has 0 atom stereocenters. The van der Waals surface area contributed by atoms with Crippen molar-refractivity contribution in [2.75, 3.05) is 5.32 Å². The van der Waals surface area contributed by atoms with Crippen molar-refractivity contribution in [2.24, 2.45) is 0 Å². The number of rotatable bonds is 4. The molecule has 3 N–H and O–H groups in total. The van der Waals surface area contributed by atoms with E-state index in [1.807, 2.05) is 0 Å². The second kappa shape index (κ2) is 7.73. The summed E-state index contributed by atoms with van der Waals surface area (Å²) in [6, 6.07) is 9.18. The van der Waals surface area contributed by atoms with E-state index in [0.717, 1.165) is 11.3 Å². The molecule has 0 fully saturated rings. The van der Waals surface area contributed by atoms with Crippen LogP contribution in [-0.4, -0.2) is 32.1 Å². The number of carboxylic acids is 1. The van der Waals surface area contributed by atoms with Crippen LogP contribution in [0.1, 0.15) is 26.4 Å². The fraction of sp³-hybridized carbons (Fsp3) is 0.0476. The Morgan fingerprint density at radius 3 is 2.39 bits per heavy atom. The number of hydrogen-bond acceptors (Lipinski definition) is 6. The molecule has 31 heavy (non-hydrogen) atoms. The van der Waals surface area contributed by atoms with Gasteiger partial charge in [0, 0.05) is 10.9 Å². The molecule has 0 aliphatic rings. The number of para-hydroxylation sites is 2. The lowest BCUT2D eigenvalue weighted by atomic mass is 10.1. The fourth-order valence-electron chi connectivity index (χ4n) is 3.01. The van der Waals surface area contributed by atoms with Gasteiger partial charge in [0.2, 0.25) is 5.88 Å². The molecule has 0 radical (unpaired) electrons. The lowest BCUT2D eigenvalue weighted by molar-refractivity contribution is 0.0699. The first-order chi connectivity index (χ1) is 14.8. The number of halogens is 2. The number of anilines is 1. The molecule has 0 saturated heterocycles. The number of aryl methyl sites for hydroxylation is 1. The monoisotopic (exact) mass is 441 g/mol. The highest BCUT2D eigenvalue weighted by Crippen LogP contribution is 2.38. The third-order valence-corrected chi connectivity index (χ3v) is 5.55. The first-order valence-corrected chi connectivity index (χ1v) is 9.72. The summed E-state index contributed by atoms with van der Waals surface area (Å²) in [7, 11) is 0. The highest BCUT2D eigenvalue weighted by Gasteiger charge is 2.26. The molecule has 0 saturated carbocycles. The van der Waals surface area contributed by atoms with Gasteiger partial charge in [-0.2, -0.15) is 0 Å². The van der Waals surface area contributed by atoms with Gasteiger partial charge >= 0.3 is 5.97 Å². The van der Waals surface area contributed by atoms with E-state index in [1.165, 1.54) is 24.4 Å². The first-order valence-electron chi connectivity index (χ1n) is 8.84. The number of carbonyl (C=O) groups excluding carboxylic acids is 1. The van der Waals surface area contributed by atoms with Gasteiger partial charge in [0.05, 0.1) is 21.6 Å². The van der Waals surface area contributed by atoms with E-state index in [9.17, 15) is 28.6 Å². The molecule has 10 heteroatoms. The molecule has 0 aliphatic heterocycles. The van der Waals surface area contributed by atoms with Gasteiger partial charge in [-0.15, -0.1) is 11.3 Å². The van der Waals surface area contributed by atoms with Gasteiger partial charge in [0.15, 0.2) is 17.3 Å². The number of benzene rings is 2. The Morgan fingerprint density at radius 2 is 1.71 bits per heavy atom. The quantitative estimate of drug-likeness (QED) is 0.427. The maximum Gasteiger partial charge on any atom is 0.339 e. The first kappa shape index (κ1) is 20.4. The zero-order chi connectivity index (χ0) is 22.3. The van der Waals surface area contributed by atoms with Crippen molar-refractivity contribution in [3.8, 4) is 16.3 Å². The van der Waals surface area contributed by atoms with Crippen molar-refractivity contribution >= 4 is 39.9 Å². The van der Waals surface area contributed by atoms with Crippen molar-refractivity contribution in [2.45, 2.75) is 6.92 Å². The average molecular weight is 441 g/mol. The van der Waals surface area contributed by atoms with Crippen molar-refractivity contribution in [3.63, 3.8) is 0 Å². The molecular weight excluding hydrogens is 428 g/mol. The maximum atomic E-state index is 14.4. The predicted molar refractivity (Wildman–Crippen MR) is 111 cm³/mol. The number of carbonyl (C=O) groups is 2. The molecule has 4 aromatic rings. The second-order valence-electron chi connectivity index (χ2n) is 6.56. The van der Waals surface area contributed by atoms with Crippen LogP contribution in [-0.2, 0) is 0 Å². The van der Waals surface area contributed by atoms with Crippen LogP contribution in [0.4, 0.5) is 14.5 Å². The van der Waals surface area contributed by atoms with Crippen LogP contribution in [0.15, 0.2) is 41.8 Å². The summed E-state index contributed by atoms with van der Waals surface area (Å²) < 4.78 is 28.4. The SMILES string of the molecule is Cc1ccc(-c2scc(NC(=O)c3nc4ccccc4nc3O)c2C(=O)O)c(F)c1F. The van der Waals surface area contributed by atoms with E-state index in [4.69, 9.17) is 0 Å². The lowest BCUT2D eigenvalue weighted by Crippen LogP contribution is -2.16. The smallest absolute Gasteiger partial charge is 0.339 e. The Kier molecular flexibility index (Phi) is 5.07. The highest BCUT2D eigenvalue weighted by molar-refractivity contribution is 7.14. The van der Waals surface area contributed by atoms with E-state index in [0.29, 0.717) is 11.0 Å². The van der Waals surface area contributed by atoms with Gasteiger partial charge < -0.3 is 15.5 Å². The summed E-state index contributed by atoms with van der Waals surface area (Å²) in [5, 5.41) is 23.4. The number of fused-ring (bicyclic) bond motifs is 1. The van der Waals surface area contributed by atoms with Crippen molar-refractivity contribution < 1.29 is 28.6 Å². The van der Waals surface area contributed by atoms with Crippen LogP contribution in [0.5, 0.6) is 5.88 Å². The minimum absolute atomic E-state index is 0.0620. The van der Waals surface area contributed by atoms with Gasteiger partial charge in [-0.1, -0.05) is 24.3 Å². The van der Waals surface area contributed by atoms with Crippen LogP contribution in [0.3, 0.4) is 0 Å². The van der Waals surface area contributed by atoms with E-state index >= 15 is 0 Å². The Morgan fingerprint density at radius 1 is 1.03 bits per heavy atom. The summed E-state index contributed by atoms with van der Waals surface area (Å²) in [6.45, 7) is 1.39. The lowest BCUT2D eigenvalue weighted by Gasteiger charge is -2.08. The van der Waals surface area contributed by atoms with Crippen LogP contribution >= 0.6 is 11.3 Å². The summed E-state index contributed by atoms with van der Waals surface area (Å²) in [5.41, 5.74) is -0.395. The standard InChI is InChI=1S/C21H13F2N3O4S/c1-9-6-7-10(16(23)15(9)22)18-14(21(29)30)13(8-31-18)26-20(28)17-19(27)25-12-5-3-2-4-11(12)24-17/h2-8H,1H3,(H,25,27)(H,26,28)(H,29,30). The molecular formula is C21H13F2N3O4S. The molecule has 0 aliphatic carbocycles. The van der Waals surface area contributed by atoms with Gasteiger partial charge in [-0.05, 0) is 24.6 Å². The number of aromatic hydroxyl groups is 1. The van der Waals surface area contributed by atoms with Crippen LogP contribution in [0.25, 0.3) is 21.5 Å². The second-order valence-corrected chi connectivity index (χ2v) is 7.43. The van der Waals surface area contributed by atoms with Crippen molar-refractivity contribution in [1.82, 2.24) is 9.97 Å². The normalized spacial score (nSPS) is 10.9. The van der Waals surface area contributed by atoms with Gasteiger partial charge in [-0.3, -0.25) is 4.79 Å². The molecule has 4 rings (SSSR count). The summed E-state index contributed by atoms with van der Waals surface area (Å²) in [6.07, 6.45) is 0. The number of thiophene rings is 1. The molecule has 2 aromatic heterocycles. The van der Waals surface area contributed by atoms with Crippen LogP contribution < -0.4 is 5.32 Å². The zero-order valence-corrected chi connectivity index (χ0v) is 16.6. The predicted octanol–water partition coefficient (Wildman–Crippen LogP) is 4.60. The highest BCUT2D eigenvalue weighted by atomic mass is 32.1. The molecule has 0 bridgehead atoms. The molecule has 0 unspecified atom stereocenters. The maximum absolute atomic E-state index is 14.4. The number of amides is 1. The number of aromatic nitrogens is 2. The van der Waals surface area contributed by atoms with Crippen molar-refractivity contribution in [1.29, 1.82) is 0 Å². The Balaban J connectivity index is 1.75. The zero-order valence-electron chi connectivity index (χ0n) is 15.8. The Hall–Kier alpha value is -3.92. The number of hydrogen-bond donors (Lipinski definition) is 3. The third-order valence-electron chi connectivity index (χ3n) is 4.54. The third kappa shape index (κ3) is 3.57. The van der Waals surface area contributed by atoms with Crippen molar-refractivity contribution in [3.05, 3.63) is 70.2 Å². The van der Waals surface area contributed by atoms with Crippen LogP contribution in [0.2, 0.25) is 0 Å². The molecule has 2 aromatic carbocycles. The van der Waals surface area contributed by atoms with E-state index in [1.54, 1.807) is 24.3 Å². The summed E-state index contributed by atoms with van der Waals surface area (Å²) >= 11 is 0.830. The van der Waals surface area contributed by atoms with E-state index < -0.39 is 40.6 Å². The molecule has 1 amide bonds. The number of aromatic carboxylic acids is 1. The number of nitrogens with zero attached hydrogens (tertiary/aromatic N) is 2. The minimum Gasteiger partial charge on any atom is -0.492 e. The number of nitrogens with one attached hydrogen (secondary N) is 1. The summed E-state index contributed by atoms with van der Waals surface area (Å²) in [4.78, 5) is 32.4. The Bertz CT molecular complexity index is 1370. The van der Waals surface area contributed by atoms with Gasteiger partial charge in [0.1, 0.15) is 5.56 Å². The average Bonchev–Trinajstić information content (AvgIpc) is 3.15. The van der Waals surface area contributed by atoms with E-state index in [-0.39, 0.29) is 21.7 Å². The van der Waals surface area contributed by atoms with Crippen LogP contribution in [0, 0.1) is 18.6 Å².